The zero-order chi connectivity index (χ0) is 32.4. The molecule has 4 aromatic carbocycles. The largest absolute Gasteiger partial charge is 0.497 e. The summed E-state index contributed by atoms with van der Waals surface area (Å²) in [5.41, 5.74) is 2.87. The van der Waals surface area contributed by atoms with Gasteiger partial charge in [-0.25, -0.2) is 8.42 Å². The van der Waals surface area contributed by atoms with Crippen LogP contribution in [0, 0.1) is 6.92 Å². The summed E-state index contributed by atoms with van der Waals surface area (Å²) in [4.78, 5) is 30.0. The number of carbonyl (C=O) groups excluding carboxylic acids is 2. The summed E-state index contributed by atoms with van der Waals surface area (Å²) in [5, 5.41) is 3.05. The molecule has 1 N–H and O–H groups in total. The topological polar surface area (TPSA) is 96.0 Å². The molecular formula is C36H41N3O5S. The molecule has 4 rings (SSSR count). The van der Waals surface area contributed by atoms with Gasteiger partial charge in [0, 0.05) is 25.1 Å². The minimum Gasteiger partial charge on any atom is -0.497 e. The van der Waals surface area contributed by atoms with Gasteiger partial charge in [-0.05, 0) is 55.7 Å². The number of nitrogens with zero attached hydrogens (tertiary/aromatic N) is 2. The molecule has 4 aromatic rings. The number of amides is 2. The van der Waals surface area contributed by atoms with Crippen LogP contribution in [0.5, 0.6) is 5.75 Å². The minimum absolute atomic E-state index is 0.0497. The van der Waals surface area contributed by atoms with Gasteiger partial charge in [-0.3, -0.25) is 13.9 Å². The first-order valence-corrected chi connectivity index (χ1v) is 16.5. The predicted molar refractivity (Wildman–Crippen MR) is 178 cm³/mol. The summed E-state index contributed by atoms with van der Waals surface area (Å²) >= 11 is 0. The Morgan fingerprint density at radius 3 is 2.07 bits per heavy atom. The van der Waals surface area contributed by atoms with Gasteiger partial charge in [0.05, 0.1) is 17.7 Å². The van der Waals surface area contributed by atoms with Crippen LogP contribution in [0.3, 0.4) is 0 Å². The average molecular weight is 628 g/mol. The minimum atomic E-state index is -4.20. The Balaban J connectivity index is 1.80. The zero-order valence-electron chi connectivity index (χ0n) is 26.2. The molecule has 0 radical (unpaired) electrons. The van der Waals surface area contributed by atoms with E-state index in [1.165, 1.54) is 24.1 Å². The zero-order valence-corrected chi connectivity index (χ0v) is 27.0. The second kappa shape index (κ2) is 15.4. The van der Waals surface area contributed by atoms with Gasteiger partial charge >= 0.3 is 0 Å². The summed E-state index contributed by atoms with van der Waals surface area (Å²) in [6, 6.07) is 31.0. The van der Waals surface area contributed by atoms with Gasteiger partial charge in [-0.2, -0.15) is 0 Å². The summed E-state index contributed by atoms with van der Waals surface area (Å²) in [5.74, 6) is -0.371. The van der Waals surface area contributed by atoms with Crippen LogP contribution in [0.25, 0.3) is 0 Å². The number of ether oxygens (including phenoxy) is 1. The Bertz CT molecular complexity index is 1660. The lowest BCUT2D eigenvalue weighted by Crippen LogP contribution is -2.54. The first-order chi connectivity index (χ1) is 21.6. The lowest BCUT2D eigenvalue weighted by molar-refractivity contribution is -0.140. The van der Waals surface area contributed by atoms with E-state index in [9.17, 15) is 18.0 Å². The number of nitrogens with one attached hydrogen (secondary N) is 1. The average Bonchev–Trinajstić information content (AvgIpc) is 3.06. The molecule has 9 heteroatoms. The SMILES string of the molecule is CCC(C)NC(=O)C(Cc1ccccc1)N(Cc1ccccc1)C(=O)CN(c1cccc(OC)c1)S(=O)(=O)c1ccc(C)cc1. The number of hydrogen-bond acceptors (Lipinski definition) is 5. The van der Waals surface area contributed by atoms with Gasteiger partial charge in [-0.15, -0.1) is 0 Å². The molecule has 45 heavy (non-hydrogen) atoms. The van der Waals surface area contributed by atoms with Crippen molar-refractivity contribution in [1.29, 1.82) is 0 Å². The van der Waals surface area contributed by atoms with Gasteiger partial charge in [0.2, 0.25) is 11.8 Å². The molecule has 0 bridgehead atoms. The smallest absolute Gasteiger partial charge is 0.264 e. The number of hydrogen-bond donors (Lipinski definition) is 1. The van der Waals surface area contributed by atoms with E-state index >= 15 is 0 Å². The Morgan fingerprint density at radius 2 is 1.47 bits per heavy atom. The Morgan fingerprint density at radius 1 is 0.844 bits per heavy atom. The van der Waals surface area contributed by atoms with Crippen molar-refractivity contribution < 1.29 is 22.7 Å². The summed E-state index contributed by atoms with van der Waals surface area (Å²) in [6.45, 7) is 5.35. The van der Waals surface area contributed by atoms with E-state index in [1.807, 2.05) is 81.4 Å². The van der Waals surface area contributed by atoms with E-state index in [2.05, 4.69) is 5.32 Å². The number of rotatable bonds is 14. The van der Waals surface area contributed by atoms with Crippen LogP contribution >= 0.6 is 0 Å². The van der Waals surface area contributed by atoms with Gasteiger partial charge in [0.15, 0.2) is 0 Å². The molecule has 2 atom stereocenters. The van der Waals surface area contributed by atoms with Gasteiger partial charge in [-0.1, -0.05) is 91.3 Å². The van der Waals surface area contributed by atoms with Crippen molar-refractivity contribution in [3.8, 4) is 5.75 Å². The van der Waals surface area contributed by atoms with Crippen LogP contribution in [0.15, 0.2) is 114 Å². The van der Waals surface area contributed by atoms with Gasteiger partial charge in [0.25, 0.3) is 10.0 Å². The van der Waals surface area contributed by atoms with Crippen molar-refractivity contribution in [2.75, 3.05) is 18.0 Å². The standard InChI is InChI=1S/C36H41N3O5S/c1-5-28(3)37-36(41)34(23-29-13-8-6-9-14-29)38(25-30-15-10-7-11-16-30)35(40)26-39(31-17-12-18-32(24-31)44-4)45(42,43)33-21-19-27(2)20-22-33/h6-22,24,28,34H,5,23,25-26H2,1-4H3,(H,37,41). The molecule has 0 saturated carbocycles. The van der Waals surface area contributed by atoms with Crippen LogP contribution in [-0.2, 0) is 32.6 Å². The maximum absolute atomic E-state index is 14.5. The second-order valence-corrected chi connectivity index (χ2v) is 12.9. The maximum atomic E-state index is 14.5. The lowest BCUT2D eigenvalue weighted by Gasteiger charge is -2.34. The number of sulfonamides is 1. The molecular weight excluding hydrogens is 586 g/mol. The molecule has 0 fully saturated rings. The van der Waals surface area contributed by atoms with Crippen LogP contribution in [-0.4, -0.2) is 50.9 Å². The van der Waals surface area contributed by atoms with E-state index in [1.54, 1.807) is 36.4 Å². The van der Waals surface area contributed by atoms with Crippen LogP contribution < -0.4 is 14.4 Å². The summed E-state index contributed by atoms with van der Waals surface area (Å²) in [7, 11) is -2.70. The van der Waals surface area contributed by atoms with E-state index in [0.29, 0.717) is 5.75 Å². The molecule has 0 aliphatic rings. The first-order valence-electron chi connectivity index (χ1n) is 15.0. The summed E-state index contributed by atoms with van der Waals surface area (Å²) < 4.78 is 34.8. The van der Waals surface area contributed by atoms with E-state index in [0.717, 1.165) is 27.4 Å². The molecule has 236 valence electrons. The molecule has 2 unspecified atom stereocenters. The highest BCUT2D eigenvalue weighted by Gasteiger charge is 2.35. The molecule has 0 heterocycles. The quantitative estimate of drug-likeness (QED) is 0.192. The van der Waals surface area contributed by atoms with E-state index in [-0.39, 0.29) is 35.5 Å². The molecule has 0 saturated heterocycles. The fourth-order valence-corrected chi connectivity index (χ4v) is 6.31. The number of carbonyl (C=O) groups is 2. The van der Waals surface area contributed by atoms with Crippen molar-refractivity contribution >= 4 is 27.5 Å². The number of benzene rings is 4. The highest BCUT2D eigenvalue weighted by molar-refractivity contribution is 7.92. The van der Waals surface area contributed by atoms with Crippen LogP contribution in [0.1, 0.15) is 37.0 Å². The normalized spacial score (nSPS) is 12.5. The van der Waals surface area contributed by atoms with Gasteiger partial charge < -0.3 is 15.0 Å². The maximum Gasteiger partial charge on any atom is 0.264 e. The van der Waals surface area contributed by atoms with Crippen molar-refractivity contribution in [3.05, 3.63) is 126 Å². The van der Waals surface area contributed by atoms with Crippen molar-refractivity contribution in [2.24, 2.45) is 0 Å². The van der Waals surface area contributed by atoms with Crippen LogP contribution in [0.2, 0.25) is 0 Å². The summed E-state index contributed by atoms with van der Waals surface area (Å²) in [6.07, 6.45) is 0.973. The molecule has 0 spiro atoms. The third-order valence-corrected chi connectivity index (χ3v) is 9.49. The molecule has 0 aromatic heterocycles. The lowest BCUT2D eigenvalue weighted by atomic mass is 10.0. The van der Waals surface area contributed by atoms with Crippen molar-refractivity contribution in [1.82, 2.24) is 10.2 Å². The van der Waals surface area contributed by atoms with Crippen molar-refractivity contribution in [2.45, 2.75) is 57.1 Å². The molecule has 0 aliphatic heterocycles. The second-order valence-electron chi connectivity index (χ2n) is 11.1. The Hall–Kier alpha value is -4.63. The number of anilines is 1. The highest BCUT2D eigenvalue weighted by atomic mass is 32.2. The first kappa shape index (κ1) is 33.3. The Labute approximate surface area is 266 Å². The molecule has 2 amide bonds. The highest BCUT2D eigenvalue weighted by Crippen LogP contribution is 2.28. The van der Waals surface area contributed by atoms with E-state index < -0.39 is 28.5 Å². The fraction of sp³-hybridized carbons (Fsp3) is 0.278. The number of methoxy groups -OCH3 is 1. The van der Waals surface area contributed by atoms with Gasteiger partial charge in [0.1, 0.15) is 18.3 Å². The molecule has 0 aliphatic carbocycles. The molecule has 8 nitrogen and oxygen atoms in total. The monoisotopic (exact) mass is 627 g/mol. The third-order valence-electron chi connectivity index (χ3n) is 7.70. The predicted octanol–water partition coefficient (Wildman–Crippen LogP) is 5.75. The Kier molecular flexibility index (Phi) is 11.4. The van der Waals surface area contributed by atoms with E-state index in [4.69, 9.17) is 4.74 Å². The number of aryl methyl sites for hydroxylation is 1. The van der Waals surface area contributed by atoms with Crippen LogP contribution in [0.4, 0.5) is 5.69 Å². The van der Waals surface area contributed by atoms with Crippen molar-refractivity contribution in [3.63, 3.8) is 0 Å². The third kappa shape index (κ3) is 8.73. The fourth-order valence-electron chi connectivity index (χ4n) is 4.91.